The van der Waals surface area contributed by atoms with Crippen molar-refractivity contribution < 1.29 is 4.79 Å². The standard InChI is InChI=1S/C15H12BrN3OS/c16-12-8-18-19(10-12)13-5-3-11(4-6-13)15(20)17-9-14-2-1-7-21-14/h1-8,10H,9H2,(H,17,20). The Bertz CT molecular complexity index is 735. The van der Waals surface area contributed by atoms with Gasteiger partial charge in [-0.1, -0.05) is 6.07 Å². The number of hydrogen-bond acceptors (Lipinski definition) is 3. The average molecular weight is 362 g/mol. The fourth-order valence-electron chi connectivity index (χ4n) is 1.89. The second kappa shape index (κ2) is 6.24. The fraction of sp³-hybridized carbons (Fsp3) is 0.0667. The molecule has 0 atom stereocenters. The van der Waals surface area contributed by atoms with Gasteiger partial charge in [0.1, 0.15) is 0 Å². The molecule has 0 bridgehead atoms. The van der Waals surface area contributed by atoms with Crippen molar-refractivity contribution in [2.45, 2.75) is 6.54 Å². The molecule has 0 saturated heterocycles. The Kier molecular flexibility index (Phi) is 4.17. The van der Waals surface area contributed by atoms with E-state index in [0.29, 0.717) is 12.1 Å². The zero-order valence-corrected chi connectivity index (χ0v) is 13.4. The van der Waals surface area contributed by atoms with Crippen molar-refractivity contribution in [3.8, 4) is 5.69 Å². The van der Waals surface area contributed by atoms with E-state index in [9.17, 15) is 4.79 Å². The molecule has 1 aromatic carbocycles. The van der Waals surface area contributed by atoms with Crippen molar-refractivity contribution in [2.75, 3.05) is 0 Å². The highest BCUT2D eigenvalue weighted by Crippen LogP contribution is 2.14. The molecule has 3 rings (SSSR count). The summed E-state index contributed by atoms with van der Waals surface area (Å²) in [6, 6.07) is 11.3. The zero-order valence-electron chi connectivity index (χ0n) is 11.0. The van der Waals surface area contributed by atoms with Crippen LogP contribution in [-0.2, 0) is 6.54 Å². The third kappa shape index (κ3) is 3.40. The van der Waals surface area contributed by atoms with Crippen molar-refractivity contribution >= 4 is 33.2 Å². The van der Waals surface area contributed by atoms with Crippen LogP contribution in [0.5, 0.6) is 0 Å². The summed E-state index contributed by atoms with van der Waals surface area (Å²) in [5.74, 6) is -0.0726. The molecule has 0 aliphatic heterocycles. The largest absolute Gasteiger partial charge is 0.347 e. The maximum absolute atomic E-state index is 12.1. The summed E-state index contributed by atoms with van der Waals surface area (Å²) in [6.07, 6.45) is 3.59. The van der Waals surface area contributed by atoms with Crippen LogP contribution in [-0.4, -0.2) is 15.7 Å². The third-order valence-corrected chi connectivity index (χ3v) is 4.23. The van der Waals surface area contributed by atoms with Gasteiger partial charge in [0.2, 0.25) is 0 Å². The second-order valence-electron chi connectivity index (χ2n) is 4.41. The van der Waals surface area contributed by atoms with Gasteiger partial charge >= 0.3 is 0 Å². The number of carbonyl (C=O) groups excluding carboxylic acids is 1. The summed E-state index contributed by atoms with van der Waals surface area (Å²) in [5.41, 5.74) is 1.55. The van der Waals surface area contributed by atoms with E-state index in [-0.39, 0.29) is 5.91 Å². The molecule has 3 aromatic rings. The van der Waals surface area contributed by atoms with Crippen LogP contribution in [0.2, 0.25) is 0 Å². The summed E-state index contributed by atoms with van der Waals surface area (Å²) in [6.45, 7) is 0.560. The Balaban J connectivity index is 1.67. The maximum atomic E-state index is 12.1. The quantitative estimate of drug-likeness (QED) is 0.771. The summed E-state index contributed by atoms with van der Waals surface area (Å²) >= 11 is 4.99. The van der Waals surface area contributed by atoms with Gasteiger partial charge in [-0.3, -0.25) is 4.79 Å². The highest BCUT2D eigenvalue weighted by Gasteiger charge is 2.06. The monoisotopic (exact) mass is 361 g/mol. The van der Waals surface area contributed by atoms with Gasteiger partial charge in [-0.15, -0.1) is 11.3 Å². The fourth-order valence-corrected chi connectivity index (χ4v) is 2.82. The molecule has 1 N–H and O–H groups in total. The first-order valence-electron chi connectivity index (χ1n) is 6.33. The molecule has 0 fully saturated rings. The van der Waals surface area contributed by atoms with E-state index in [1.54, 1.807) is 34.3 Å². The molecule has 1 amide bonds. The van der Waals surface area contributed by atoms with E-state index in [4.69, 9.17) is 0 Å². The molecule has 0 aliphatic rings. The number of nitrogens with one attached hydrogen (secondary N) is 1. The second-order valence-corrected chi connectivity index (χ2v) is 6.36. The van der Waals surface area contributed by atoms with Crippen molar-refractivity contribution in [2.24, 2.45) is 0 Å². The number of hydrogen-bond donors (Lipinski definition) is 1. The Hall–Kier alpha value is -1.92. The normalized spacial score (nSPS) is 10.5. The summed E-state index contributed by atoms with van der Waals surface area (Å²) in [7, 11) is 0. The first-order valence-corrected chi connectivity index (χ1v) is 8.01. The lowest BCUT2D eigenvalue weighted by atomic mass is 10.2. The third-order valence-electron chi connectivity index (χ3n) is 2.95. The Morgan fingerprint density at radius 2 is 2.10 bits per heavy atom. The van der Waals surface area contributed by atoms with Crippen LogP contribution in [0.1, 0.15) is 15.2 Å². The zero-order chi connectivity index (χ0) is 14.7. The molecule has 4 nitrogen and oxygen atoms in total. The lowest BCUT2D eigenvalue weighted by Crippen LogP contribution is -2.22. The SMILES string of the molecule is O=C(NCc1cccs1)c1ccc(-n2cc(Br)cn2)cc1. The molecular weight excluding hydrogens is 350 g/mol. The molecular formula is C15H12BrN3OS. The molecule has 2 aromatic heterocycles. The number of aromatic nitrogens is 2. The van der Waals surface area contributed by atoms with E-state index < -0.39 is 0 Å². The first-order chi connectivity index (χ1) is 10.2. The topological polar surface area (TPSA) is 46.9 Å². The van der Waals surface area contributed by atoms with Gasteiger partial charge in [-0.05, 0) is 51.6 Å². The maximum Gasteiger partial charge on any atom is 0.251 e. The molecule has 0 aliphatic carbocycles. The minimum Gasteiger partial charge on any atom is -0.347 e. The molecule has 106 valence electrons. The van der Waals surface area contributed by atoms with Gasteiger partial charge in [0.15, 0.2) is 0 Å². The smallest absolute Gasteiger partial charge is 0.251 e. The Labute approximate surface area is 134 Å². The van der Waals surface area contributed by atoms with Crippen molar-refractivity contribution in [3.05, 3.63) is 69.1 Å². The number of nitrogens with zero attached hydrogens (tertiary/aromatic N) is 2. The van der Waals surface area contributed by atoms with E-state index in [2.05, 4.69) is 26.3 Å². The van der Waals surface area contributed by atoms with E-state index in [0.717, 1.165) is 15.0 Å². The van der Waals surface area contributed by atoms with Crippen LogP contribution < -0.4 is 5.32 Å². The number of thiophene rings is 1. The first kappa shape index (κ1) is 14.0. The number of benzene rings is 1. The van der Waals surface area contributed by atoms with Gasteiger partial charge in [0.25, 0.3) is 5.91 Å². The van der Waals surface area contributed by atoms with Gasteiger partial charge in [0.05, 0.1) is 22.9 Å². The molecule has 0 saturated carbocycles. The summed E-state index contributed by atoms with van der Waals surface area (Å²) < 4.78 is 2.66. The predicted molar refractivity (Wildman–Crippen MR) is 86.8 cm³/mol. The van der Waals surface area contributed by atoms with Crippen LogP contribution in [0, 0.1) is 0 Å². The highest BCUT2D eigenvalue weighted by molar-refractivity contribution is 9.10. The molecule has 0 spiro atoms. The van der Waals surface area contributed by atoms with E-state index >= 15 is 0 Å². The lowest BCUT2D eigenvalue weighted by molar-refractivity contribution is 0.0951. The van der Waals surface area contributed by atoms with Crippen molar-refractivity contribution in [1.82, 2.24) is 15.1 Å². The minimum atomic E-state index is -0.0726. The van der Waals surface area contributed by atoms with Gasteiger partial charge in [-0.25, -0.2) is 4.68 Å². The molecule has 2 heterocycles. The number of amides is 1. The van der Waals surface area contributed by atoms with Gasteiger partial charge in [-0.2, -0.15) is 5.10 Å². The number of rotatable bonds is 4. The summed E-state index contributed by atoms with van der Waals surface area (Å²) in [4.78, 5) is 13.2. The van der Waals surface area contributed by atoms with E-state index in [1.807, 2.05) is 35.8 Å². The minimum absolute atomic E-state index is 0.0726. The predicted octanol–water partition coefficient (Wildman–Crippen LogP) is 3.63. The van der Waals surface area contributed by atoms with Crippen LogP contribution in [0.25, 0.3) is 5.69 Å². The lowest BCUT2D eigenvalue weighted by Gasteiger charge is -2.05. The van der Waals surface area contributed by atoms with Crippen LogP contribution in [0.15, 0.2) is 58.6 Å². The Morgan fingerprint density at radius 1 is 1.29 bits per heavy atom. The highest BCUT2D eigenvalue weighted by atomic mass is 79.9. The number of halogens is 1. The van der Waals surface area contributed by atoms with Crippen LogP contribution in [0.3, 0.4) is 0 Å². The van der Waals surface area contributed by atoms with E-state index in [1.165, 1.54) is 0 Å². The van der Waals surface area contributed by atoms with Crippen molar-refractivity contribution in [3.63, 3.8) is 0 Å². The molecule has 0 radical (unpaired) electrons. The Morgan fingerprint density at radius 3 is 2.71 bits per heavy atom. The summed E-state index contributed by atoms with van der Waals surface area (Å²) in [5, 5.41) is 9.11. The van der Waals surface area contributed by atoms with Gasteiger partial charge in [0, 0.05) is 16.6 Å². The van der Waals surface area contributed by atoms with Gasteiger partial charge < -0.3 is 5.32 Å². The van der Waals surface area contributed by atoms with Crippen molar-refractivity contribution in [1.29, 1.82) is 0 Å². The molecule has 6 heteroatoms. The molecule has 0 unspecified atom stereocenters. The number of carbonyl (C=O) groups is 1. The van der Waals surface area contributed by atoms with Crippen LogP contribution >= 0.6 is 27.3 Å². The van der Waals surface area contributed by atoms with Crippen LogP contribution in [0.4, 0.5) is 0 Å². The molecule has 21 heavy (non-hydrogen) atoms. The average Bonchev–Trinajstić information content (AvgIpc) is 3.16.